The Bertz CT molecular complexity index is 732. The largest absolute Gasteiger partial charge is 0.497 e. The summed E-state index contributed by atoms with van der Waals surface area (Å²) in [6.07, 6.45) is 0. The number of nitrogens with zero attached hydrogens (tertiary/aromatic N) is 1. The first kappa shape index (κ1) is 20.5. The first-order chi connectivity index (χ1) is 13.0. The van der Waals surface area contributed by atoms with Crippen LogP contribution in [0.25, 0.3) is 0 Å². The van der Waals surface area contributed by atoms with Gasteiger partial charge in [0, 0.05) is 27.1 Å². The van der Waals surface area contributed by atoms with Crippen LogP contribution in [0.3, 0.4) is 0 Å². The molecule has 2 rings (SSSR count). The molecule has 144 valence electrons. The summed E-state index contributed by atoms with van der Waals surface area (Å²) in [4.78, 5) is 26.5. The van der Waals surface area contributed by atoms with Gasteiger partial charge in [-0.25, -0.2) is 0 Å². The van der Waals surface area contributed by atoms with Crippen molar-refractivity contribution in [2.75, 3.05) is 20.8 Å². The van der Waals surface area contributed by atoms with Gasteiger partial charge < -0.3 is 19.7 Å². The van der Waals surface area contributed by atoms with Crippen LogP contribution in [-0.2, 0) is 27.4 Å². The number of carbonyl (C=O) groups excluding carboxylic acids is 2. The van der Waals surface area contributed by atoms with Crippen molar-refractivity contribution in [3.8, 4) is 5.75 Å². The van der Waals surface area contributed by atoms with Crippen molar-refractivity contribution in [1.29, 1.82) is 0 Å². The van der Waals surface area contributed by atoms with Crippen LogP contribution in [0, 0.1) is 0 Å². The van der Waals surface area contributed by atoms with Crippen molar-refractivity contribution in [2.45, 2.75) is 26.1 Å². The summed E-state index contributed by atoms with van der Waals surface area (Å²) in [5, 5.41) is 2.89. The average Bonchev–Trinajstić information content (AvgIpc) is 2.70. The lowest BCUT2D eigenvalue weighted by molar-refractivity contribution is -0.141. The Morgan fingerprint density at radius 1 is 1.00 bits per heavy atom. The van der Waals surface area contributed by atoms with Gasteiger partial charge in [-0.15, -0.1) is 0 Å². The van der Waals surface area contributed by atoms with Gasteiger partial charge in [0.15, 0.2) is 0 Å². The van der Waals surface area contributed by atoms with Crippen molar-refractivity contribution in [3.63, 3.8) is 0 Å². The first-order valence-corrected chi connectivity index (χ1v) is 8.76. The van der Waals surface area contributed by atoms with E-state index in [4.69, 9.17) is 9.47 Å². The SMILES string of the molecule is COC[C@H](C(=O)NCc1ccccc1)N(Cc1ccc(OC)cc1)C(C)=O. The van der Waals surface area contributed by atoms with Crippen LogP contribution in [0.5, 0.6) is 5.75 Å². The molecule has 6 nitrogen and oxygen atoms in total. The van der Waals surface area contributed by atoms with E-state index in [1.165, 1.54) is 18.9 Å². The zero-order chi connectivity index (χ0) is 19.6. The Hall–Kier alpha value is -2.86. The molecule has 0 aliphatic rings. The Labute approximate surface area is 160 Å². The van der Waals surface area contributed by atoms with E-state index in [2.05, 4.69) is 5.32 Å². The second-order valence-corrected chi connectivity index (χ2v) is 6.17. The van der Waals surface area contributed by atoms with Crippen LogP contribution in [-0.4, -0.2) is 43.6 Å². The Kier molecular flexibility index (Phi) is 7.82. The lowest BCUT2D eigenvalue weighted by Gasteiger charge is -2.29. The van der Waals surface area contributed by atoms with E-state index >= 15 is 0 Å². The maximum absolute atomic E-state index is 12.7. The van der Waals surface area contributed by atoms with Crippen molar-refractivity contribution in [3.05, 3.63) is 65.7 Å². The topological polar surface area (TPSA) is 67.9 Å². The van der Waals surface area contributed by atoms with Gasteiger partial charge in [-0.2, -0.15) is 0 Å². The van der Waals surface area contributed by atoms with Crippen molar-refractivity contribution >= 4 is 11.8 Å². The number of carbonyl (C=O) groups is 2. The fourth-order valence-electron chi connectivity index (χ4n) is 2.74. The van der Waals surface area contributed by atoms with Gasteiger partial charge in [-0.1, -0.05) is 42.5 Å². The second kappa shape index (κ2) is 10.3. The third-order valence-electron chi connectivity index (χ3n) is 4.23. The number of amides is 2. The fourth-order valence-corrected chi connectivity index (χ4v) is 2.74. The zero-order valence-corrected chi connectivity index (χ0v) is 16.0. The number of hydrogen-bond acceptors (Lipinski definition) is 4. The molecule has 27 heavy (non-hydrogen) atoms. The molecule has 0 spiro atoms. The molecular weight excluding hydrogens is 344 g/mol. The smallest absolute Gasteiger partial charge is 0.245 e. The Balaban J connectivity index is 2.10. The van der Waals surface area contributed by atoms with Crippen molar-refractivity contribution < 1.29 is 19.1 Å². The summed E-state index contributed by atoms with van der Waals surface area (Å²) in [6.45, 7) is 2.29. The number of rotatable bonds is 9. The molecule has 2 amide bonds. The Morgan fingerprint density at radius 3 is 2.22 bits per heavy atom. The molecule has 1 N–H and O–H groups in total. The molecule has 0 saturated heterocycles. The van der Waals surface area contributed by atoms with E-state index in [1.54, 1.807) is 7.11 Å². The standard InChI is InChI=1S/C21H26N2O4/c1-16(24)23(14-18-9-11-19(27-3)12-10-18)20(15-26-2)21(25)22-13-17-7-5-4-6-8-17/h4-12,20H,13-15H2,1-3H3,(H,22,25)/t20-/m1/s1. The van der Waals surface area contributed by atoms with E-state index in [0.717, 1.165) is 16.9 Å². The minimum atomic E-state index is -0.710. The predicted molar refractivity (Wildman–Crippen MR) is 103 cm³/mol. The molecule has 0 aromatic heterocycles. The van der Waals surface area contributed by atoms with E-state index in [9.17, 15) is 9.59 Å². The van der Waals surface area contributed by atoms with Gasteiger partial charge in [-0.3, -0.25) is 9.59 Å². The van der Waals surface area contributed by atoms with E-state index in [0.29, 0.717) is 13.1 Å². The minimum absolute atomic E-state index is 0.121. The van der Waals surface area contributed by atoms with Crippen molar-refractivity contribution in [1.82, 2.24) is 10.2 Å². The van der Waals surface area contributed by atoms with Gasteiger partial charge in [-0.05, 0) is 23.3 Å². The van der Waals surface area contributed by atoms with Crippen molar-refractivity contribution in [2.24, 2.45) is 0 Å². The molecule has 0 saturated carbocycles. The quantitative estimate of drug-likeness (QED) is 0.736. The summed E-state index contributed by atoms with van der Waals surface area (Å²) < 4.78 is 10.4. The molecule has 0 aliphatic heterocycles. The van der Waals surface area contributed by atoms with Gasteiger partial charge in [0.1, 0.15) is 11.8 Å². The summed E-state index contributed by atoms with van der Waals surface area (Å²) in [5.41, 5.74) is 1.90. The molecule has 0 fully saturated rings. The highest BCUT2D eigenvalue weighted by Gasteiger charge is 2.28. The van der Waals surface area contributed by atoms with Gasteiger partial charge in [0.2, 0.25) is 11.8 Å². The highest BCUT2D eigenvalue weighted by atomic mass is 16.5. The maximum atomic E-state index is 12.7. The molecule has 0 heterocycles. The number of methoxy groups -OCH3 is 2. The lowest BCUT2D eigenvalue weighted by Crippen LogP contribution is -2.50. The zero-order valence-electron chi connectivity index (χ0n) is 16.0. The fraction of sp³-hybridized carbons (Fsp3) is 0.333. The lowest BCUT2D eigenvalue weighted by atomic mass is 10.1. The van der Waals surface area contributed by atoms with E-state index < -0.39 is 6.04 Å². The number of hydrogen-bond donors (Lipinski definition) is 1. The molecule has 0 unspecified atom stereocenters. The van der Waals surface area contributed by atoms with Gasteiger partial charge in [0.25, 0.3) is 0 Å². The second-order valence-electron chi connectivity index (χ2n) is 6.17. The molecule has 0 aliphatic carbocycles. The van der Waals surface area contributed by atoms with Crippen LogP contribution < -0.4 is 10.1 Å². The molecule has 6 heteroatoms. The van der Waals surface area contributed by atoms with Gasteiger partial charge >= 0.3 is 0 Å². The average molecular weight is 370 g/mol. The van der Waals surface area contributed by atoms with Crippen LogP contribution in [0.15, 0.2) is 54.6 Å². The molecule has 0 bridgehead atoms. The molecular formula is C21H26N2O4. The number of nitrogens with one attached hydrogen (secondary N) is 1. The summed E-state index contributed by atoms with van der Waals surface area (Å²) in [5.74, 6) is 0.300. The summed E-state index contributed by atoms with van der Waals surface area (Å²) in [7, 11) is 3.12. The van der Waals surface area contributed by atoms with E-state index in [-0.39, 0.29) is 18.4 Å². The third kappa shape index (κ3) is 6.11. The van der Waals surface area contributed by atoms with Crippen LogP contribution in [0.1, 0.15) is 18.1 Å². The normalized spacial score (nSPS) is 11.5. The minimum Gasteiger partial charge on any atom is -0.497 e. The van der Waals surface area contributed by atoms with E-state index in [1.807, 2.05) is 54.6 Å². The molecule has 2 aromatic rings. The summed E-state index contributed by atoms with van der Waals surface area (Å²) in [6, 6.07) is 16.3. The monoisotopic (exact) mass is 370 g/mol. The van der Waals surface area contributed by atoms with Crippen LogP contribution in [0.2, 0.25) is 0 Å². The van der Waals surface area contributed by atoms with Crippen LogP contribution in [0.4, 0.5) is 0 Å². The highest BCUT2D eigenvalue weighted by Crippen LogP contribution is 2.15. The summed E-state index contributed by atoms with van der Waals surface area (Å²) >= 11 is 0. The highest BCUT2D eigenvalue weighted by molar-refractivity contribution is 5.87. The Morgan fingerprint density at radius 2 is 1.67 bits per heavy atom. The molecule has 1 atom stereocenters. The third-order valence-corrected chi connectivity index (χ3v) is 4.23. The number of benzene rings is 2. The number of ether oxygens (including phenoxy) is 2. The molecule has 0 radical (unpaired) electrons. The maximum Gasteiger partial charge on any atom is 0.245 e. The predicted octanol–water partition coefficient (Wildman–Crippen LogP) is 2.38. The first-order valence-electron chi connectivity index (χ1n) is 8.76. The molecule has 2 aromatic carbocycles. The van der Waals surface area contributed by atoms with Crippen LogP contribution >= 0.6 is 0 Å². The van der Waals surface area contributed by atoms with Gasteiger partial charge in [0.05, 0.1) is 13.7 Å².